The number of alkyl halides is 3. The smallest absolute Gasteiger partial charge is 0.387 e. The van der Waals surface area contributed by atoms with Crippen molar-refractivity contribution >= 4 is 17.2 Å². The van der Waals surface area contributed by atoms with Crippen LogP contribution in [0.15, 0.2) is 36.4 Å². The van der Waals surface area contributed by atoms with E-state index in [-0.39, 0.29) is 18.2 Å². The van der Waals surface area contributed by atoms with Gasteiger partial charge in [0.1, 0.15) is 0 Å². The molecule has 4 nitrogen and oxygen atoms in total. The van der Waals surface area contributed by atoms with Gasteiger partial charge in [-0.15, -0.1) is 11.3 Å². The van der Waals surface area contributed by atoms with Crippen LogP contribution in [0, 0.1) is 0 Å². The molecule has 0 fully saturated rings. The maximum atomic E-state index is 12.7. The topological polar surface area (TPSA) is 75.4 Å². The van der Waals surface area contributed by atoms with E-state index in [2.05, 4.69) is 5.32 Å². The Morgan fingerprint density at radius 1 is 1.31 bits per heavy atom. The summed E-state index contributed by atoms with van der Waals surface area (Å²) in [6, 6.07) is 8.31. The highest BCUT2D eigenvalue weighted by Gasteiger charge is 2.30. The van der Waals surface area contributed by atoms with E-state index in [1.54, 1.807) is 6.07 Å². The fourth-order valence-electron chi connectivity index (χ4n) is 2.46. The first-order chi connectivity index (χ1) is 12.2. The molecule has 0 aliphatic rings. The second-order valence-corrected chi connectivity index (χ2v) is 7.29. The van der Waals surface area contributed by atoms with Crippen molar-refractivity contribution in [2.45, 2.75) is 38.1 Å². The number of aliphatic hydroxyl groups excluding tert-OH is 1. The van der Waals surface area contributed by atoms with Gasteiger partial charge in [0.25, 0.3) is 5.91 Å². The van der Waals surface area contributed by atoms with Gasteiger partial charge < -0.3 is 16.2 Å². The average molecular weight is 386 g/mol. The standard InChI is InChI=1S/C18H21F3N2O2S/c1-11(5-6-14-7-8-16(26-14)17(22)25)23-10-15(24)12-3-2-4-13(9-12)18(19,20)21/h2-4,7-9,11,15,23-24H,5-6,10H2,1H3,(H2,22,25). The van der Waals surface area contributed by atoms with E-state index in [1.165, 1.54) is 23.5 Å². The molecule has 142 valence electrons. The lowest BCUT2D eigenvalue weighted by Gasteiger charge is -2.18. The number of nitrogens with one attached hydrogen (secondary N) is 1. The lowest BCUT2D eigenvalue weighted by Crippen LogP contribution is -2.30. The summed E-state index contributed by atoms with van der Waals surface area (Å²) in [5, 5.41) is 13.3. The zero-order valence-corrected chi connectivity index (χ0v) is 15.0. The van der Waals surface area contributed by atoms with Gasteiger partial charge in [0.15, 0.2) is 0 Å². The molecule has 1 heterocycles. The molecule has 0 saturated carbocycles. The van der Waals surface area contributed by atoms with E-state index < -0.39 is 23.8 Å². The lowest BCUT2D eigenvalue weighted by molar-refractivity contribution is -0.137. The number of halogens is 3. The number of aliphatic hydroxyl groups is 1. The summed E-state index contributed by atoms with van der Waals surface area (Å²) in [4.78, 5) is 12.6. The molecular formula is C18H21F3N2O2S. The highest BCUT2D eigenvalue weighted by molar-refractivity contribution is 7.14. The van der Waals surface area contributed by atoms with Crippen molar-refractivity contribution in [1.29, 1.82) is 0 Å². The van der Waals surface area contributed by atoms with Crippen molar-refractivity contribution < 1.29 is 23.1 Å². The van der Waals surface area contributed by atoms with Crippen molar-refractivity contribution in [3.8, 4) is 0 Å². The van der Waals surface area contributed by atoms with Crippen LogP contribution in [0.1, 0.15) is 45.1 Å². The van der Waals surface area contributed by atoms with Gasteiger partial charge in [-0.05, 0) is 49.6 Å². The van der Waals surface area contributed by atoms with E-state index in [4.69, 9.17) is 5.73 Å². The first-order valence-electron chi connectivity index (χ1n) is 8.14. The Bertz CT molecular complexity index is 746. The number of primary amides is 1. The molecule has 1 amide bonds. The van der Waals surface area contributed by atoms with Gasteiger partial charge in [0, 0.05) is 17.5 Å². The molecule has 0 aliphatic carbocycles. The molecule has 0 radical (unpaired) electrons. The van der Waals surface area contributed by atoms with Crippen LogP contribution in [-0.4, -0.2) is 23.6 Å². The average Bonchev–Trinajstić information content (AvgIpc) is 3.06. The second-order valence-electron chi connectivity index (χ2n) is 6.12. The van der Waals surface area contributed by atoms with E-state index in [1.807, 2.05) is 13.0 Å². The van der Waals surface area contributed by atoms with Crippen molar-refractivity contribution in [3.63, 3.8) is 0 Å². The van der Waals surface area contributed by atoms with Crippen LogP contribution in [0.4, 0.5) is 13.2 Å². The number of aryl methyl sites for hydroxylation is 1. The quantitative estimate of drug-likeness (QED) is 0.650. The zero-order valence-electron chi connectivity index (χ0n) is 14.2. The number of benzene rings is 1. The molecule has 26 heavy (non-hydrogen) atoms. The highest BCUT2D eigenvalue weighted by atomic mass is 32.1. The minimum Gasteiger partial charge on any atom is -0.387 e. The summed E-state index contributed by atoms with van der Waals surface area (Å²) in [7, 11) is 0. The Kier molecular flexibility index (Phi) is 6.80. The van der Waals surface area contributed by atoms with Gasteiger partial charge in [0.05, 0.1) is 16.5 Å². The van der Waals surface area contributed by atoms with E-state index in [9.17, 15) is 23.1 Å². The molecule has 4 N–H and O–H groups in total. The number of amides is 1. The van der Waals surface area contributed by atoms with Crippen LogP contribution in [0.5, 0.6) is 0 Å². The summed E-state index contributed by atoms with van der Waals surface area (Å²) in [5.41, 5.74) is 4.67. The van der Waals surface area contributed by atoms with Crippen LogP contribution in [-0.2, 0) is 12.6 Å². The van der Waals surface area contributed by atoms with Crippen molar-refractivity contribution in [2.75, 3.05) is 6.54 Å². The van der Waals surface area contributed by atoms with E-state index >= 15 is 0 Å². The Hall–Kier alpha value is -1.90. The second kappa shape index (κ2) is 8.66. The Balaban J connectivity index is 1.82. The number of hydrogen-bond acceptors (Lipinski definition) is 4. The number of rotatable bonds is 8. The van der Waals surface area contributed by atoms with E-state index in [0.29, 0.717) is 4.88 Å². The third-order valence-corrected chi connectivity index (χ3v) is 5.15. The third-order valence-electron chi connectivity index (χ3n) is 3.99. The molecule has 1 aromatic carbocycles. The highest BCUT2D eigenvalue weighted by Crippen LogP contribution is 2.30. The molecule has 2 unspecified atom stereocenters. The first kappa shape index (κ1) is 20.4. The summed E-state index contributed by atoms with van der Waals surface area (Å²) >= 11 is 1.35. The first-order valence-corrected chi connectivity index (χ1v) is 8.95. The molecule has 0 aliphatic heterocycles. The SMILES string of the molecule is CC(CCc1ccc(C(N)=O)s1)NCC(O)c1cccc(C(F)(F)F)c1. The summed E-state index contributed by atoms with van der Waals surface area (Å²) < 4.78 is 38.2. The Morgan fingerprint density at radius 3 is 2.65 bits per heavy atom. The summed E-state index contributed by atoms with van der Waals surface area (Å²) in [6.45, 7) is 2.08. The van der Waals surface area contributed by atoms with Gasteiger partial charge in [0.2, 0.25) is 0 Å². The minimum absolute atomic E-state index is 0.0505. The molecule has 0 bridgehead atoms. The molecule has 2 atom stereocenters. The van der Waals surface area contributed by atoms with Gasteiger partial charge in [-0.2, -0.15) is 13.2 Å². The van der Waals surface area contributed by atoms with E-state index in [0.717, 1.165) is 29.9 Å². The molecular weight excluding hydrogens is 365 g/mol. The maximum Gasteiger partial charge on any atom is 0.416 e. The van der Waals surface area contributed by atoms with Gasteiger partial charge in [-0.1, -0.05) is 12.1 Å². The Morgan fingerprint density at radius 2 is 2.04 bits per heavy atom. The number of carbonyl (C=O) groups excluding carboxylic acids is 1. The van der Waals surface area contributed by atoms with Gasteiger partial charge in [-0.3, -0.25) is 4.79 Å². The zero-order chi connectivity index (χ0) is 19.3. The van der Waals surface area contributed by atoms with Crippen LogP contribution in [0.25, 0.3) is 0 Å². The van der Waals surface area contributed by atoms with Crippen molar-refractivity contribution in [1.82, 2.24) is 5.32 Å². The predicted molar refractivity (Wildman–Crippen MR) is 95.0 cm³/mol. The maximum absolute atomic E-state index is 12.7. The summed E-state index contributed by atoms with van der Waals surface area (Å²) in [6.07, 6.45) is -3.95. The van der Waals surface area contributed by atoms with Crippen molar-refractivity contribution in [3.05, 3.63) is 57.3 Å². The van der Waals surface area contributed by atoms with Crippen LogP contribution >= 0.6 is 11.3 Å². The summed E-state index contributed by atoms with van der Waals surface area (Å²) in [5.74, 6) is -0.448. The molecule has 2 rings (SSSR count). The van der Waals surface area contributed by atoms with Crippen LogP contribution in [0.2, 0.25) is 0 Å². The van der Waals surface area contributed by atoms with Gasteiger partial charge in [-0.25, -0.2) is 0 Å². The molecule has 2 aromatic rings. The Labute approximate surface area is 153 Å². The molecule has 8 heteroatoms. The number of hydrogen-bond donors (Lipinski definition) is 3. The largest absolute Gasteiger partial charge is 0.416 e. The fraction of sp³-hybridized carbons (Fsp3) is 0.389. The number of nitrogens with two attached hydrogens (primary N) is 1. The van der Waals surface area contributed by atoms with Crippen molar-refractivity contribution in [2.24, 2.45) is 5.73 Å². The van der Waals surface area contributed by atoms with Crippen LogP contribution in [0.3, 0.4) is 0 Å². The monoisotopic (exact) mass is 386 g/mol. The minimum atomic E-state index is -4.43. The third kappa shape index (κ3) is 5.82. The predicted octanol–water partition coefficient (Wildman–Crippen LogP) is 3.51. The molecule has 1 aromatic heterocycles. The number of carbonyl (C=O) groups is 1. The number of thiophene rings is 1. The lowest BCUT2D eigenvalue weighted by atomic mass is 10.0. The fourth-order valence-corrected chi connectivity index (χ4v) is 3.33. The molecule has 0 spiro atoms. The molecule has 0 saturated heterocycles. The van der Waals surface area contributed by atoms with Gasteiger partial charge >= 0.3 is 6.18 Å². The normalized spacial score (nSPS) is 14.2. The van der Waals surface area contributed by atoms with Crippen LogP contribution < -0.4 is 11.1 Å².